The highest BCUT2D eigenvalue weighted by Gasteiger charge is 2.41. The van der Waals surface area contributed by atoms with Crippen molar-refractivity contribution in [3.63, 3.8) is 0 Å². The molecule has 2 rings (SSSR count). The summed E-state index contributed by atoms with van der Waals surface area (Å²) in [6.07, 6.45) is 0.453. The van der Waals surface area contributed by atoms with E-state index in [1.807, 2.05) is 7.05 Å². The first-order chi connectivity index (χ1) is 8.04. The minimum Gasteiger partial charge on any atom is -0.512 e. The van der Waals surface area contributed by atoms with Crippen LogP contribution in [0.15, 0.2) is 11.3 Å². The van der Waals surface area contributed by atoms with Gasteiger partial charge in [0.05, 0.1) is 18.2 Å². The lowest BCUT2D eigenvalue weighted by atomic mass is 9.88. The number of rotatable bonds is 2. The fraction of sp³-hybridized carbons (Fsp3) is 0.727. The summed E-state index contributed by atoms with van der Waals surface area (Å²) >= 11 is 0. The number of piperazine rings is 1. The van der Waals surface area contributed by atoms with Gasteiger partial charge in [-0.3, -0.25) is 4.90 Å². The van der Waals surface area contributed by atoms with Gasteiger partial charge >= 0.3 is 5.97 Å². The Morgan fingerprint density at radius 2 is 2.29 bits per heavy atom. The lowest BCUT2D eigenvalue weighted by Gasteiger charge is -2.47. The van der Waals surface area contributed by atoms with Gasteiger partial charge in [0.25, 0.3) is 0 Å². The van der Waals surface area contributed by atoms with Crippen molar-refractivity contribution in [1.82, 2.24) is 9.71 Å². The van der Waals surface area contributed by atoms with Gasteiger partial charge in [0.1, 0.15) is 5.76 Å². The number of ether oxygens (including phenoxy) is 1. The molecule has 92 valence electrons. The number of aliphatic hydroxyl groups is 1. The summed E-state index contributed by atoms with van der Waals surface area (Å²) in [4.78, 5) is 15.6. The quantitative estimate of drug-likeness (QED) is 0.533. The van der Waals surface area contributed by atoms with Crippen LogP contribution in [0.2, 0.25) is 0 Å². The molecule has 2 atom stereocenters. The first-order valence-corrected chi connectivity index (χ1v) is 5.85. The zero-order valence-corrected chi connectivity index (χ0v) is 10.2. The zero-order chi connectivity index (χ0) is 12.6. The van der Waals surface area contributed by atoms with Gasteiger partial charge in [-0.05, 0) is 14.0 Å². The lowest BCUT2D eigenvalue weighted by Crippen LogP contribution is -2.60. The largest absolute Gasteiger partial charge is 0.512 e. The van der Waals surface area contributed by atoms with E-state index in [-0.39, 0.29) is 17.8 Å². The van der Waals surface area contributed by atoms with E-state index in [1.165, 1.54) is 0 Å². The third kappa shape index (κ3) is 2.19. The van der Waals surface area contributed by atoms with Crippen molar-refractivity contribution in [2.75, 3.05) is 26.7 Å². The van der Waals surface area contributed by atoms with E-state index in [0.717, 1.165) is 0 Å². The molecule has 17 heavy (non-hydrogen) atoms. The molecule has 0 aromatic carbocycles. The smallest absolute Gasteiger partial charge is 0.339 e. The summed E-state index contributed by atoms with van der Waals surface area (Å²) in [6.45, 7) is 3.29. The molecular weight excluding hydrogens is 219 g/mol. The second-order valence-electron chi connectivity index (χ2n) is 4.57. The van der Waals surface area contributed by atoms with Crippen molar-refractivity contribution in [3.05, 3.63) is 11.3 Å². The monoisotopic (exact) mass is 236 g/mol. The summed E-state index contributed by atoms with van der Waals surface area (Å²) < 4.78 is 4.98. The molecular formula is C11H17BN2O3. The molecule has 0 aromatic rings. The molecule has 6 heteroatoms. The molecule has 2 unspecified atom stereocenters. The molecule has 2 heterocycles. The van der Waals surface area contributed by atoms with E-state index < -0.39 is 5.97 Å². The Morgan fingerprint density at radius 3 is 2.94 bits per heavy atom. The Balaban J connectivity index is 2.29. The second-order valence-corrected chi connectivity index (χ2v) is 4.57. The van der Waals surface area contributed by atoms with Gasteiger partial charge in [-0.15, -0.1) is 0 Å². The van der Waals surface area contributed by atoms with Crippen LogP contribution >= 0.6 is 0 Å². The van der Waals surface area contributed by atoms with Crippen molar-refractivity contribution >= 4 is 14.0 Å². The SMILES string of the molecule is [B]N1CC2CC(O)=C(C(=O)OCC)C(C1)N2C. The van der Waals surface area contributed by atoms with E-state index >= 15 is 0 Å². The number of likely N-dealkylation sites (N-methyl/N-ethyl adjacent to an activating group) is 1. The predicted octanol–water partition coefficient (Wildman–Crippen LogP) is -0.167. The number of nitrogens with zero attached hydrogens (tertiary/aromatic N) is 2. The van der Waals surface area contributed by atoms with Crippen LogP contribution in [0.4, 0.5) is 0 Å². The van der Waals surface area contributed by atoms with Crippen molar-refractivity contribution in [2.24, 2.45) is 0 Å². The fourth-order valence-corrected chi connectivity index (χ4v) is 2.57. The number of carbonyl (C=O) groups excluding carboxylic acids is 1. The topological polar surface area (TPSA) is 53.0 Å². The highest BCUT2D eigenvalue weighted by Crippen LogP contribution is 2.30. The van der Waals surface area contributed by atoms with Gasteiger partial charge in [0, 0.05) is 25.6 Å². The van der Waals surface area contributed by atoms with Crippen LogP contribution in [0.5, 0.6) is 0 Å². The normalized spacial score (nSPS) is 30.5. The number of fused-ring (bicyclic) bond motifs is 2. The molecule has 2 radical (unpaired) electrons. The maximum atomic E-state index is 11.8. The van der Waals surface area contributed by atoms with Gasteiger partial charge in [-0.25, -0.2) is 4.79 Å². The third-order valence-corrected chi connectivity index (χ3v) is 3.49. The maximum Gasteiger partial charge on any atom is 0.339 e. The fourth-order valence-electron chi connectivity index (χ4n) is 2.57. The van der Waals surface area contributed by atoms with Crippen molar-refractivity contribution in [3.8, 4) is 0 Å². The van der Waals surface area contributed by atoms with Gasteiger partial charge in [0.15, 0.2) is 7.98 Å². The molecule has 2 aliphatic rings. The summed E-state index contributed by atoms with van der Waals surface area (Å²) in [5, 5.41) is 9.97. The molecule has 1 saturated heterocycles. The molecule has 2 aliphatic heterocycles. The Morgan fingerprint density at radius 1 is 1.59 bits per heavy atom. The van der Waals surface area contributed by atoms with E-state index in [0.29, 0.717) is 31.7 Å². The summed E-state index contributed by atoms with van der Waals surface area (Å²) in [5.74, 6) is -0.278. The Bertz CT molecular complexity index is 359. The highest BCUT2D eigenvalue weighted by molar-refractivity contribution is 6.04. The van der Waals surface area contributed by atoms with Gasteiger partial charge in [-0.1, -0.05) is 0 Å². The van der Waals surface area contributed by atoms with E-state index in [4.69, 9.17) is 12.7 Å². The lowest BCUT2D eigenvalue weighted by molar-refractivity contribution is -0.140. The number of hydrogen-bond acceptors (Lipinski definition) is 5. The minimum absolute atomic E-state index is 0.157. The van der Waals surface area contributed by atoms with Crippen LogP contribution < -0.4 is 0 Å². The van der Waals surface area contributed by atoms with Crippen molar-refractivity contribution in [2.45, 2.75) is 25.4 Å². The average molecular weight is 236 g/mol. The molecule has 0 aliphatic carbocycles. The molecule has 5 nitrogen and oxygen atoms in total. The van der Waals surface area contributed by atoms with E-state index in [1.54, 1.807) is 11.7 Å². The second kappa shape index (κ2) is 4.70. The van der Waals surface area contributed by atoms with Gasteiger partial charge in [-0.2, -0.15) is 0 Å². The van der Waals surface area contributed by atoms with Gasteiger partial charge < -0.3 is 14.7 Å². The Labute approximate surface area is 102 Å². The molecule has 1 fully saturated rings. The third-order valence-electron chi connectivity index (χ3n) is 3.49. The number of aliphatic hydroxyl groups excluding tert-OH is 1. The predicted molar refractivity (Wildman–Crippen MR) is 63.6 cm³/mol. The molecule has 0 saturated carbocycles. The van der Waals surface area contributed by atoms with Crippen LogP contribution in [-0.4, -0.2) is 67.6 Å². The van der Waals surface area contributed by atoms with E-state index in [9.17, 15) is 9.90 Å². The molecule has 1 N–H and O–H groups in total. The van der Waals surface area contributed by atoms with Crippen LogP contribution in [0.1, 0.15) is 13.3 Å². The van der Waals surface area contributed by atoms with Crippen molar-refractivity contribution in [1.29, 1.82) is 0 Å². The summed E-state index contributed by atoms with van der Waals surface area (Å²) in [5.41, 5.74) is 0.362. The van der Waals surface area contributed by atoms with Crippen LogP contribution in [0, 0.1) is 0 Å². The standard InChI is InChI=1S/C11H17BN2O3/c1-3-17-11(16)10-8-6-14(12)5-7(13(8)2)4-9(10)15/h7-8,15H,3-6H2,1-2H3. The first-order valence-electron chi connectivity index (χ1n) is 5.85. The van der Waals surface area contributed by atoms with Crippen LogP contribution in [0.3, 0.4) is 0 Å². The summed E-state index contributed by atoms with van der Waals surface area (Å²) in [7, 11) is 7.77. The van der Waals surface area contributed by atoms with E-state index in [2.05, 4.69) is 4.90 Å². The molecule has 0 amide bonds. The number of esters is 1. The molecule has 0 aromatic heterocycles. The maximum absolute atomic E-state index is 11.8. The molecule has 0 spiro atoms. The van der Waals surface area contributed by atoms with Gasteiger partial charge in [0.2, 0.25) is 0 Å². The molecule has 2 bridgehead atoms. The Hall–Kier alpha value is -1.01. The minimum atomic E-state index is -0.435. The first kappa shape index (κ1) is 12.5. The van der Waals surface area contributed by atoms with Crippen LogP contribution in [0.25, 0.3) is 0 Å². The number of hydrogen-bond donors (Lipinski definition) is 1. The van der Waals surface area contributed by atoms with Crippen LogP contribution in [-0.2, 0) is 9.53 Å². The zero-order valence-electron chi connectivity index (χ0n) is 10.2. The Kier molecular flexibility index (Phi) is 3.44. The average Bonchev–Trinajstić information content (AvgIpc) is 2.22. The van der Waals surface area contributed by atoms with Crippen molar-refractivity contribution < 1.29 is 14.6 Å². The number of carbonyl (C=O) groups is 1. The summed E-state index contributed by atoms with van der Waals surface area (Å²) in [6, 6.07) is -0.0107. The highest BCUT2D eigenvalue weighted by atomic mass is 16.5.